The minimum atomic E-state index is -0.433. The molecule has 0 aliphatic rings. The van der Waals surface area contributed by atoms with Gasteiger partial charge in [0.25, 0.3) is 0 Å². The number of aliphatic hydroxyl groups excluding tert-OH is 1. The molecule has 0 fully saturated rings. The van der Waals surface area contributed by atoms with Crippen molar-refractivity contribution in [1.29, 1.82) is 0 Å². The van der Waals surface area contributed by atoms with Crippen LogP contribution in [0.25, 0.3) is 0 Å². The Morgan fingerprint density at radius 2 is 2.18 bits per heavy atom. The van der Waals surface area contributed by atoms with Crippen molar-refractivity contribution in [3.63, 3.8) is 0 Å². The molecule has 0 radical (unpaired) electrons. The maximum Gasteiger partial charge on any atom is 0.226 e. The summed E-state index contributed by atoms with van der Waals surface area (Å²) in [5.41, 5.74) is -0.433. The van der Waals surface area contributed by atoms with E-state index in [9.17, 15) is 4.79 Å². The summed E-state index contributed by atoms with van der Waals surface area (Å²) in [6.45, 7) is 5.44. The summed E-state index contributed by atoms with van der Waals surface area (Å²) in [5.74, 6) is 0.139. The predicted molar refractivity (Wildman–Crippen MR) is 63.9 cm³/mol. The van der Waals surface area contributed by atoms with Crippen molar-refractivity contribution in [1.82, 2.24) is 4.90 Å². The molecule has 0 aliphatic carbocycles. The first-order chi connectivity index (χ1) is 8.04. The highest BCUT2D eigenvalue weighted by atomic mass is 16.4. The summed E-state index contributed by atoms with van der Waals surface area (Å²) in [6, 6.07) is 1.59. The van der Waals surface area contributed by atoms with Gasteiger partial charge >= 0.3 is 0 Å². The van der Waals surface area contributed by atoms with Crippen molar-refractivity contribution in [3.8, 4) is 5.75 Å². The molecule has 1 aromatic heterocycles. The van der Waals surface area contributed by atoms with Crippen LogP contribution in [0, 0.1) is 0 Å². The lowest BCUT2D eigenvalue weighted by Gasteiger charge is -2.25. The van der Waals surface area contributed by atoms with Gasteiger partial charge in [0.15, 0.2) is 5.75 Å². The van der Waals surface area contributed by atoms with E-state index in [1.54, 1.807) is 0 Å². The molecule has 0 bridgehead atoms. The van der Waals surface area contributed by atoms with Gasteiger partial charge in [0.05, 0.1) is 6.54 Å². The van der Waals surface area contributed by atoms with E-state index in [4.69, 9.17) is 14.6 Å². The molecule has 5 nitrogen and oxygen atoms in total. The molecule has 96 valence electrons. The average Bonchev–Trinajstić information content (AvgIpc) is 2.28. The maximum absolute atomic E-state index is 11.2. The van der Waals surface area contributed by atoms with Gasteiger partial charge in [-0.2, -0.15) is 0 Å². The fraction of sp³-hybridized carbons (Fsp3) is 0.583. The van der Waals surface area contributed by atoms with Crippen LogP contribution in [0.15, 0.2) is 21.5 Å². The molecule has 5 heteroatoms. The first-order valence-corrected chi connectivity index (χ1v) is 5.70. The molecule has 1 rings (SSSR count). The van der Waals surface area contributed by atoms with Crippen LogP contribution in [0.1, 0.15) is 26.0 Å². The Hall–Kier alpha value is -1.33. The molecule has 0 aliphatic heterocycles. The van der Waals surface area contributed by atoms with Gasteiger partial charge < -0.3 is 14.6 Å². The molecular weight excluding hydrogens is 222 g/mol. The first-order valence-electron chi connectivity index (χ1n) is 5.70. The second-order valence-corrected chi connectivity index (χ2v) is 4.24. The van der Waals surface area contributed by atoms with Gasteiger partial charge in [-0.3, -0.25) is 9.69 Å². The van der Waals surface area contributed by atoms with Crippen molar-refractivity contribution < 1.29 is 14.6 Å². The van der Waals surface area contributed by atoms with E-state index in [2.05, 4.69) is 4.90 Å². The molecule has 0 atom stereocenters. The lowest BCUT2D eigenvalue weighted by Crippen LogP contribution is -2.32. The largest absolute Gasteiger partial charge is 0.502 e. The average molecular weight is 241 g/mol. The van der Waals surface area contributed by atoms with Crippen LogP contribution in [0.4, 0.5) is 0 Å². The van der Waals surface area contributed by atoms with Crippen molar-refractivity contribution in [2.24, 2.45) is 0 Å². The molecule has 2 N–H and O–H groups in total. The standard InChI is InChI=1S/C12H19NO4/c1-9(2)13(4-3-5-14)7-10-6-11(15)12(16)8-17-10/h6,8-9,14,16H,3-5,7H2,1-2H3. The van der Waals surface area contributed by atoms with Crippen LogP contribution in [-0.2, 0) is 6.54 Å². The summed E-state index contributed by atoms with van der Waals surface area (Å²) < 4.78 is 5.15. The third-order valence-corrected chi connectivity index (χ3v) is 2.56. The highest BCUT2D eigenvalue weighted by Crippen LogP contribution is 2.09. The summed E-state index contributed by atoms with van der Waals surface area (Å²) in [6.07, 6.45) is 1.74. The van der Waals surface area contributed by atoms with Gasteiger partial charge in [-0.1, -0.05) is 0 Å². The molecule has 0 spiro atoms. The molecule has 0 saturated heterocycles. The van der Waals surface area contributed by atoms with E-state index < -0.39 is 5.43 Å². The van der Waals surface area contributed by atoms with E-state index in [-0.39, 0.29) is 12.4 Å². The lowest BCUT2D eigenvalue weighted by molar-refractivity contribution is 0.172. The molecule has 1 aromatic rings. The highest BCUT2D eigenvalue weighted by molar-refractivity contribution is 5.15. The predicted octanol–water partition coefficient (Wildman–Crippen LogP) is 0.938. The third kappa shape index (κ3) is 4.20. The van der Waals surface area contributed by atoms with Crippen molar-refractivity contribution >= 4 is 0 Å². The topological polar surface area (TPSA) is 73.9 Å². The van der Waals surface area contributed by atoms with Gasteiger partial charge in [0, 0.05) is 25.3 Å². The van der Waals surface area contributed by atoms with Gasteiger partial charge in [-0.25, -0.2) is 0 Å². The minimum Gasteiger partial charge on any atom is -0.502 e. The summed E-state index contributed by atoms with van der Waals surface area (Å²) >= 11 is 0. The number of hydrogen-bond acceptors (Lipinski definition) is 5. The SMILES string of the molecule is CC(C)N(CCCO)Cc1cc(=O)c(O)co1. The molecule has 1 heterocycles. The molecule has 0 amide bonds. The summed E-state index contributed by atoms with van der Waals surface area (Å²) in [7, 11) is 0. The maximum atomic E-state index is 11.2. The Morgan fingerprint density at radius 1 is 1.47 bits per heavy atom. The van der Waals surface area contributed by atoms with E-state index in [0.29, 0.717) is 24.8 Å². The number of aliphatic hydroxyl groups is 1. The number of aromatic hydroxyl groups is 1. The third-order valence-electron chi connectivity index (χ3n) is 2.56. The normalized spacial score (nSPS) is 11.4. The van der Waals surface area contributed by atoms with Gasteiger partial charge in [-0.05, 0) is 20.3 Å². The van der Waals surface area contributed by atoms with Crippen LogP contribution in [0.5, 0.6) is 5.75 Å². The molecule has 0 aromatic carbocycles. The zero-order valence-corrected chi connectivity index (χ0v) is 10.2. The summed E-state index contributed by atoms with van der Waals surface area (Å²) in [5, 5.41) is 17.9. The first kappa shape index (κ1) is 13.7. The number of nitrogens with zero attached hydrogens (tertiary/aromatic N) is 1. The Bertz CT molecular complexity index is 400. The van der Waals surface area contributed by atoms with E-state index >= 15 is 0 Å². The zero-order chi connectivity index (χ0) is 12.8. The highest BCUT2D eigenvalue weighted by Gasteiger charge is 2.12. The number of rotatable bonds is 6. The second-order valence-electron chi connectivity index (χ2n) is 4.24. The van der Waals surface area contributed by atoms with Gasteiger partial charge in [0.2, 0.25) is 5.43 Å². The van der Waals surface area contributed by atoms with Crippen molar-refractivity contribution in [2.75, 3.05) is 13.2 Å². The Morgan fingerprint density at radius 3 is 2.71 bits per heavy atom. The van der Waals surface area contributed by atoms with Crippen LogP contribution >= 0.6 is 0 Å². The van der Waals surface area contributed by atoms with Crippen LogP contribution < -0.4 is 5.43 Å². The van der Waals surface area contributed by atoms with E-state index in [1.165, 1.54) is 6.07 Å². The number of hydrogen-bond donors (Lipinski definition) is 2. The smallest absolute Gasteiger partial charge is 0.226 e. The van der Waals surface area contributed by atoms with E-state index in [0.717, 1.165) is 12.8 Å². The quantitative estimate of drug-likeness (QED) is 0.775. The van der Waals surface area contributed by atoms with Gasteiger partial charge in [-0.15, -0.1) is 0 Å². The lowest BCUT2D eigenvalue weighted by atomic mass is 10.2. The Labute approximate surface area is 100 Å². The molecule has 0 saturated carbocycles. The Balaban J connectivity index is 2.71. The monoisotopic (exact) mass is 241 g/mol. The van der Waals surface area contributed by atoms with Crippen molar-refractivity contribution in [3.05, 3.63) is 28.3 Å². The molecule has 0 unspecified atom stereocenters. The fourth-order valence-electron chi connectivity index (χ4n) is 1.52. The summed E-state index contributed by atoms with van der Waals surface area (Å²) in [4.78, 5) is 13.3. The molecular formula is C12H19NO4. The zero-order valence-electron chi connectivity index (χ0n) is 10.2. The molecule has 17 heavy (non-hydrogen) atoms. The van der Waals surface area contributed by atoms with Crippen molar-refractivity contribution in [2.45, 2.75) is 32.9 Å². The van der Waals surface area contributed by atoms with E-state index in [1.807, 2.05) is 13.8 Å². The Kier molecular flexibility index (Phi) is 5.18. The second kappa shape index (κ2) is 6.42. The van der Waals surface area contributed by atoms with Crippen LogP contribution in [0.2, 0.25) is 0 Å². The van der Waals surface area contributed by atoms with Gasteiger partial charge in [0.1, 0.15) is 12.0 Å². The minimum absolute atomic E-state index is 0.142. The van der Waals surface area contributed by atoms with Crippen LogP contribution in [0.3, 0.4) is 0 Å². The fourth-order valence-corrected chi connectivity index (χ4v) is 1.52. The van der Waals surface area contributed by atoms with Crippen LogP contribution in [-0.4, -0.2) is 34.3 Å².